The van der Waals surface area contributed by atoms with Crippen molar-refractivity contribution >= 4 is 5.78 Å². The molecule has 0 fully saturated rings. The van der Waals surface area contributed by atoms with E-state index < -0.39 is 0 Å². The first-order chi connectivity index (χ1) is 6.61. The van der Waals surface area contributed by atoms with Gasteiger partial charge in [0.1, 0.15) is 5.78 Å². The van der Waals surface area contributed by atoms with Crippen molar-refractivity contribution in [2.24, 2.45) is 0 Å². The van der Waals surface area contributed by atoms with Crippen LogP contribution >= 0.6 is 0 Å². The first-order valence-corrected chi connectivity index (χ1v) is 4.82. The van der Waals surface area contributed by atoms with Crippen molar-refractivity contribution < 1.29 is 4.79 Å². The van der Waals surface area contributed by atoms with E-state index in [0.29, 0.717) is 0 Å². The van der Waals surface area contributed by atoms with Gasteiger partial charge < -0.3 is 0 Å². The van der Waals surface area contributed by atoms with Gasteiger partial charge in [-0.1, -0.05) is 30.3 Å². The third-order valence-corrected chi connectivity index (χ3v) is 2.36. The Hall–Kier alpha value is -1.15. The van der Waals surface area contributed by atoms with Crippen molar-refractivity contribution in [3.63, 3.8) is 0 Å². The SMILES string of the molecule is CC(=O)[C@H](Cc1ccccc1)N(C)C. The molecule has 0 bridgehead atoms. The third kappa shape index (κ3) is 2.96. The van der Waals surface area contributed by atoms with Crippen LogP contribution in [0.2, 0.25) is 0 Å². The van der Waals surface area contributed by atoms with Crippen molar-refractivity contribution in [3.8, 4) is 0 Å². The van der Waals surface area contributed by atoms with Gasteiger partial charge in [0.2, 0.25) is 0 Å². The van der Waals surface area contributed by atoms with Gasteiger partial charge in [-0.15, -0.1) is 0 Å². The topological polar surface area (TPSA) is 20.3 Å². The van der Waals surface area contributed by atoms with Crippen LogP contribution < -0.4 is 0 Å². The molecule has 0 aliphatic carbocycles. The summed E-state index contributed by atoms with van der Waals surface area (Å²) in [7, 11) is 3.88. The van der Waals surface area contributed by atoms with Crippen molar-refractivity contribution in [2.75, 3.05) is 14.1 Å². The molecule has 2 heteroatoms. The Labute approximate surface area is 85.5 Å². The molecular formula is C12H17NO. The highest BCUT2D eigenvalue weighted by Gasteiger charge is 2.16. The highest BCUT2D eigenvalue weighted by molar-refractivity contribution is 5.81. The minimum absolute atomic E-state index is 0.00241. The molecular weight excluding hydrogens is 174 g/mol. The molecule has 0 saturated heterocycles. The molecule has 0 aliphatic rings. The van der Waals surface area contributed by atoms with E-state index in [4.69, 9.17) is 0 Å². The van der Waals surface area contributed by atoms with E-state index in [0.717, 1.165) is 6.42 Å². The maximum absolute atomic E-state index is 11.3. The van der Waals surface area contributed by atoms with Gasteiger partial charge in [-0.2, -0.15) is 0 Å². The lowest BCUT2D eigenvalue weighted by Gasteiger charge is -2.21. The molecule has 0 saturated carbocycles. The summed E-state index contributed by atoms with van der Waals surface area (Å²) in [5, 5.41) is 0. The second-order valence-electron chi connectivity index (χ2n) is 3.78. The molecule has 0 aliphatic heterocycles. The molecule has 0 amide bonds. The minimum atomic E-state index is -0.00241. The van der Waals surface area contributed by atoms with Crippen LogP contribution in [0.3, 0.4) is 0 Å². The van der Waals surface area contributed by atoms with Crippen LogP contribution in [0.1, 0.15) is 12.5 Å². The van der Waals surface area contributed by atoms with Gasteiger partial charge in [-0.25, -0.2) is 0 Å². The number of rotatable bonds is 4. The number of ketones is 1. The number of likely N-dealkylation sites (N-methyl/N-ethyl adjacent to an activating group) is 1. The summed E-state index contributed by atoms with van der Waals surface area (Å²) >= 11 is 0. The molecule has 0 spiro atoms. The zero-order valence-electron chi connectivity index (χ0n) is 9.03. The average molecular weight is 191 g/mol. The molecule has 0 aromatic heterocycles. The lowest BCUT2D eigenvalue weighted by Crippen LogP contribution is -2.36. The molecule has 1 rings (SSSR count). The smallest absolute Gasteiger partial charge is 0.147 e. The van der Waals surface area contributed by atoms with Gasteiger partial charge in [0, 0.05) is 0 Å². The van der Waals surface area contributed by atoms with Gasteiger partial charge in [0.25, 0.3) is 0 Å². The molecule has 76 valence electrons. The first-order valence-electron chi connectivity index (χ1n) is 4.82. The number of nitrogens with zero attached hydrogens (tertiary/aromatic N) is 1. The fourth-order valence-corrected chi connectivity index (χ4v) is 1.53. The average Bonchev–Trinajstić information content (AvgIpc) is 2.15. The van der Waals surface area contributed by atoms with Gasteiger partial charge in [0.15, 0.2) is 0 Å². The summed E-state index contributed by atoms with van der Waals surface area (Å²) in [6, 6.07) is 10.1. The fraction of sp³-hybridized carbons (Fsp3) is 0.417. The van der Waals surface area contributed by atoms with Crippen LogP contribution in [0.15, 0.2) is 30.3 Å². The zero-order valence-corrected chi connectivity index (χ0v) is 9.03. The fourth-order valence-electron chi connectivity index (χ4n) is 1.53. The quantitative estimate of drug-likeness (QED) is 0.722. The standard InChI is InChI=1S/C12H17NO/c1-10(14)12(13(2)3)9-11-7-5-4-6-8-11/h4-8,12H,9H2,1-3H3/t12-/m0/s1. The predicted molar refractivity (Wildman–Crippen MR) is 58.3 cm³/mol. The number of hydrogen-bond acceptors (Lipinski definition) is 2. The summed E-state index contributed by atoms with van der Waals surface area (Å²) in [6.45, 7) is 1.65. The number of benzene rings is 1. The van der Waals surface area contributed by atoms with E-state index in [1.165, 1.54) is 5.56 Å². The molecule has 1 aromatic rings. The Morgan fingerprint density at radius 3 is 2.29 bits per heavy atom. The summed E-state index contributed by atoms with van der Waals surface area (Å²) in [6.07, 6.45) is 0.795. The summed E-state index contributed by atoms with van der Waals surface area (Å²) < 4.78 is 0. The van der Waals surface area contributed by atoms with Gasteiger partial charge in [-0.05, 0) is 33.0 Å². The lowest BCUT2D eigenvalue weighted by molar-refractivity contribution is -0.121. The number of carbonyl (C=O) groups excluding carboxylic acids is 1. The first kappa shape index (κ1) is 10.9. The van der Waals surface area contributed by atoms with E-state index in [1.54, 1.807) is 6.92 Å². The monoisotopic (exact) mass is 191 g/mol. The normalized spacial score (nSPS) is 12.9. The van der Waals surface area contributed by atoms with E-state index >= 15 is 0 Å². The van der Waals surface area contributed by atoms with Crippen LogP contribution in [-0.4, -0.2) is 30.8 Å². The van der Waals surface area contributed by atoms with E-state index in [-0.39, 0.29) is 11.8 Å². The van der Waals surface area contributed by atoms with Crippen molar-refractivity contribution in [1.82, 2.24) is 4.90 Å². The Kier molecular flexibility index (Phi) is 3.84. The molecule has 0 N–H and O–H groups in total. The molecule has 0 heterocycles. The largest absolute Gasteiger partial charge is 0.299 e. The molecule has 14 heavy (non-hydrogen) atoms. The number of hydrogen-bond donors (Lipinski definition) is 0. The van der Waals surface area contributed by atoms with Crippen molar-refractivity contribution in [1.29, 1.82) is 0 Å². The highest BCUT2D eigenvalue weighted by Crippen LogP contribution is 2.07. The van der Waals surface area contributed by atoms with Crippen LogP contribution in [0.4, 0.5) is 0 Å². The number of Topliss-reactive ketones (excluding diaryl/α,β-unsaturated/α-hetero) is 1. The Morgan fingerprint density at radius 1 is 1.29 bits per heavy atom. The Morgan fingerprint density at radius 2 is 1.86 bits per heavy atom. The summed E-state index contributed by atoms with van der Waals surface area (Å²) in [5.41, 5.74) is 1.21. The van der Waals surface area contributed by atoms with Crippen LogP contribution in [-0.2, 0) is 11.2 Å². The van der Waals surface area contributed by atoms with E-state index in [2.05, 4.69) is 12.1 Å². The second-order valence-corrected chi connectivity index (χ2v) is 3.78. The molecule has 1 atom stereocenters. The lowest BCUT2D eigenvalue weighted by atomic mass is 10.0. The summed E-state index contributed by atoms with van der Waals surface area (Å²) in [5.74, 6) is 0.221. The maximum Gasteiger partial charge on any atom is 0.147 e. The van der Waals surface area contributed by atoms with Crippen LogP contribution in [0.25, 0.3) is 0 Å². The van der Waals surface area contributed by atoms with Crippen molar-refractivity contribution in [3.05, 3.63) is 35.9 Å². The van der Waals surface area contributed by atoms with Crippen LogP contribution in [0, 0.1) is 0 Å². The maximum atomic E-state index is 11.3. The molecule has 0 unspecified atom stereocenters. The highest BCUT2D eigenvalue weighted by atomic mass is 16.1. The van der Waals surface area contributed by atoms with Crippen molar-refractivity contribution in [2.45, 2.75) is 19.4 Å². The Balaban J connectivity index is 2.70. The predicted octanol–water partition coefficient (Wildman–Crippen LogP) is 1.75. The third-order valence-electron chi connectivity index (χ3n) is 2.36. The van der Waals surface area contributed by atoms with Crippen LogP contribution in [0.5, 0.6) is 0 Å². The minimum Gasteiger partial charge on any atom is -0.299 e. The molecule has 0 radical (unpaired) electrons. The Bertz CT molecular complexity index is 292. The molecule has 2 nitrogen and oxygen atoms in total. The van der Waals surface area contributed by atoms with Gasteiger partial charge >= 0.3 is 0 Å². The number of carbonyl (C=O) groups is 1. The van der Waals surface area contributed by atoms with Gasteiger partial charge in [0.05, 0.1) is 6.04 Å². The van der Waals surface area contributed by atoms with Gasteiger partial charge in [-0.3, -0.25) is 9.69 Å². The molecule has 1 aromatic carbocycles. The zero-order chi connectivity index (χ0) is 10.6. The second kappa shape index (κ2) is 4.91. The van der Waals surface area contributed by atoms with E-state index in [1.807, 2.05) is 37.2 Å². The summed E-state index contributed by atoms with van der Waals surface area (Å²) in [4.78, 5) is 13.3. The van der Waals surface area contributed by atoms with E-state index in [9.17, 15) is 4.79 Å².